The van der Waals surface area contributed by atoms with Crippen molar-refractivity contribution in [3.63, 3.8) is 0 Å². The first-order chi connectivity index (χ1) is 13.6. The average Bonchev–Trinajstić information content (AvgIpc) is 2.95. The van der Waals surface area contributed by atoms with Gasteiger partial charge in [0.25, 0.3) is 0 Å². The molecule has 7 nitrogen and oxygen atoms in total. The van der Waals surface area contributed by atoms with E-state index in [9.17, 15) is 13.2 Å². The number of carbonyl (C=O) groups excluding carboxylic acids is 1. The number of rotatable bonds is 8. The molecule has 0 bridgehead atoms. The van der Waals surface area contributed by atoms with E-state index in [0.29, 0.717) is 25.5 Å². The molecule has 30 heavy (non-hydrogen) atoms. The number of hydrogen-bond acceptors (Lipinski definition) is 4. The van der Waals surface area contributed by atoms with Crippen LogP contribution in [0.4, 0.5) is 0 Å². The van der Waals surface area contributed by atoms with E-state index in [1.807, 2.05) is 18.2 Å². The van der Waals surface area contributed by atoms with Crippen molar-refractivity contribution in [2.24, 2.45) is 10.4 Å². The average molecular weight is 571 g/mol. The lowest BCUT2D eigenvalue weighted by molar-refractivity contribution is -0.121. The predicted octanol–water partition coefficient (Wildman–Crippen LogP) is 2.39. The summed E-state index contributed by atoms with van der Waals surface area (Å²) in [5.41, 5.74) is 1.16. The van der Waals surface area contributed by atoms with Gasteiger partial charge in [0.1, 0.15) is 0 Å². The third-order valence-corrected chi connectivity index (χ3v) is 6.77. The summed E-state index contributed by atoms with van der Waals surface area (Å²) in [6.45, 7) is 5.44. The summed E-state index contributed by atoms with van der Waals surface area (Å²) in [5.74, 6) is 0.659. The van der Waals surface area contributed by atoms with Crippen LogP contribution in [0.2, 0.25) is 5.02 Å². The first-order valence-corrected chi connectivity index (χ1v) is 12.0. The molecule has 0 saturated carbocycles. The van der Waals surface area contributed by atoms with Crippen LogP contribution in [0, 0.1) is 5.41 Å². The zero-order valence-electron chi connectivity index (χ0n) is 17.7. The van der Waals surface area contributed by atoms with Gasteiger partial charge in [0, 0.05) is 37.6 Å². The maximum atomic E-state index is 12.0. The van der Waals surface area contributed by atoms with Gasteiger partial charge >= 0.3 is 0 Å². The zero-order chi connectivity index (χ0) is 21.5. The van der Waals surface area contributed by atoms with E-state index in [1.165, 1.54) is 5.56 Å². The van der Waals surface area contributed by atoms with E-state index in [0.717, 1.165) is 11.4 Å². The molecule has 1 aliphatic heterocycles. The molecule has 0 aliphatic carbocycles. The van der Waals surface area contributed by atoms with E-state index in [2.05, 4.69) is 40.9 Å². The van der Waals surface area contributed by atoms with Gasteiger partial charge in [-0.05, 0) is 36.0 Å². The lowest BCUT2D eigenvalue weighted by Gasteiger charge is -2.26. The van der Waals surface area contributed by atoms with Crippen molar-refractivity contribution in [1.29, 1.82) is 0 Å². The van der Waals surface area contributed by atoms with Crippen molar-refractivity contribution in [2.45, 2.75) is 39.2 Å². The normalized spacial score (nSPS) is 18.4. The van der Waals surface area contributed by atoms with Crippen molar-refractivity contribution in [1.82, 2.24) is 16.0 Å². The smallest absolute Gasteiger partial charge is 0.222 e. The monoisotopic (exact) mass is 570 g/mol. The minimum absolute atomic E-state index is 0. The van der Waals surface area contributed by atoms with E-state index in [-0.39, 0.29) is 59.3 Å². The Hall–Kier alpha value is -1.07. The van der Waals surface area contributed by atoms with Crippen molar-refractivity contribution in [3.8, 4) is 0 Å². The number of aliphatic imine (C=N–C) groups is 1. The quantitative estimate of drug-likeness (QED) is 0.253. The van der Waals surface area contributed by atoms with Gasteiger partial charge in [0.2, 0.25) is 5.91 Å². The molecule has 170 valence electrons. The van der Waals surface area contributed by atoms with Gasteiger partial charge in [-0.15, -0.1) is 24.0 Å². The molecule has 1 atom stereocenters. The second kappa shape index (κ2) is 12.1. The predicted molar refractivity (Wildman–Crippen MR) is 134 cm³/mol. The van der Waals surface area contributed by atoms with Crippen molar-refractivity contribution in [2.75, 3.05) is 31.6 Å². The third kappa shape index (κ3) is 9.82. The molecule has 1 saturated heterocycles. The van der Waals surface area contributed by atoms with Crippen LogP contribution in [0.5, 0.6) is 0 Å². The van der Waals surface area contributed by atoms with E-state index in [1.54, 1.807) is 7.05 Å². The Balaban J connectivity index is 0.00000450. The minimum atomic E-state index is -2.99. The van der Waals surface area contributed by atoms with Crippen LogP contribution in [0.15, 0.2) is 29.3 Å². The first-order valence-electron chi connectivity index (χ1n) is 9.77. The largest absolute Gasteiger partial charge is 0.356 e. The fourth-order valence-corrected chi connectivity index (χ4v) is 5.19. The van der Waals surface area contributed by atoms with Gasteiger partial charge in [-0.25, -0.2) is 8.42 Å². The van der Waals surface area contributed by atoms with Gasteiger partial charge in [-0.1, -0.05) is 37.6 Å². The number of carbonyl (C=O) groups is 1. The lowest BCUT2D eigenvalue weighted by Crippen LogP contribution is -2.44. The molecule has 2 rings (SSSR count). The number of guanidine groups is 1. The molecular formula is C20H32ClIN4O3S. The number of nitrogens with one attached hydrogen (secondary N) is 3. The topological polar surface area (TPSA) is 99.7 Å². The Bertz CT molecular complexity index is 846. The molecule has 0 radical (unpaired) electrons. The molecule has 0 aromatic heterocycles. The highest BCUT2D eigenvalue weighted by atomic mass is 127. The highest BCUT2D eigenvalue weighted by molar-refractivity contribution is 14.0. The standard InChI is InChI=1S/C20H31ClN4O3S.HI/c1-20(2,12-15-5-4-6-16(21)11-15)14-24-19(22-3)23-9-7-18(26)25-17-8-10-29(27,28)13-17;/h4-6,11,17H,7-10,12-14H2,1-3H3,(H,25,26)(H2,22,23,24);1H. The Morgan fingerprint density at radius 1 is 1.30 bits per heavy atom. The number of halogens is 2. The maximum Gasteiger partial charge on any atom is 0.222 e. The number of benzene rings is 1. The zero-order valence-corrected chi connectivity index (χ0v) is 21.6. The lowest BCUT2D eigenvalue weighted by atomic mass is 9.86. The summed E-state index contributed by atoms with van der Waals surface area (Å²) >= 11 is 6.07. The summed E-state index contributed by atoms with van der Waals surface area (Å²) in [6.07, 6.45) is 1.61. The highest BCUT2D eigenvalue weighted by Gasteiger charge is 2.28. The molecular weight excluding hydrogens is 539 g/mol. The molecule has 1 aromatic carbocycles. The Labute approximate surface area is 201 Å². The Kier molecular flexibility index (Phi) is 10.9. The molecule has 1 amide bonds. The molecule has 1 aromatic rings. The van der Waals surface area contributed by atoms with Crippen LogP contribution < -0.4 is 16.0 Å². The van der Waals surface area contributed by atoms with Gasteiger partial charge in [0.05, 0.1) is 11.5 Å². The van der Waals surface area contributed by atoms with Crippen molar-refractivity contribution >= 4 is 57.3 Å². The number of hydrogen-bond donors (Lipinski definition) is 3. The summed E-state index contributed by atoms with van der Waals surface area (Å²) < 4.78 is 22.9. The fraction of sp³-hybridized carbons (Fsp3) is 0.600. The molecule has 1 fully saturated rings. The SMILES string of the molecule is CN=C(NCCC(=O)NC1CCS(=O)(=O)C1)NCC(C)(C)Cc1cccc(Cl)c1.I. The molecule has 1 heterocycles. The van der Waals surface area contributed by atoms with Crippen LogP contribution in [-0.2, 0) is 21.1 Å². The number of amides is 1. The summed E-state index contributed by atoms with van der Waals surface area (Å²) in [6, 6.07) is 7.59. The van der Waals surface area contributed by atoms with Crippen molar-refractivity contribution in [3.05, 3.63) is 34.9 Å². The van der Waals surface area contributed by atoms with Crippen LogP contribution in [0.1, 0.15) is 32.3 Å². The Morgan fingerprint density at radius 2 is 2.03 bits per heavy atom. The van der Waals surface area contributed by atoms with Gasteiger partial charge in [-0.2, -0.15) is 0 Å². The van der Waals surface area contributed by atoms with Crippen LogP contribution in [0.25, 0.3) is 0 Å². The van der Waals surface area contributed by atoms with Crippen LogP contribution >= 0.6 is 35.6 Å². The van der Waals surface area contributed by atoms with Gasteiger partial charge < -0.3 is 16.0 Å². The molecule has 3 N–H and O–H groups in total. The molecule has 0 spiro atoms. The van der Waals surface area contributed by atoms with Gasteiger partial charge in [0.15, 0.2) is 15.8 Å². The van der Waals surface area contributed by atoms with E-state index >= 15 is 0 Å². The third-order valence-electron chi connectivity index (χ3n) is 4.77. The number of sulfone groups is 1. The second-order valence-corrected chi connectivity index (χ2v) is 10.9. The minimum Gasteiger partial charge on any atom is -0.356 e. The molecule has 1 unspecified atom stereocenters. The van der Waals surface area contributed by atoms with Crippen molar-refractivity contribution < 1.29 is 13.2 Å². The molecule has 1 aliphatic rings. The number of nitrogens with zero attached hydrogens (tertiary/aromatic N) is 1. The first kappa shape index (κ1) is 27.0. The fourth-order valence-electron chi connectivity index (χ4n) is 3.31. The second-order valence-electron chi connectivity index (χ2n) is 8.24. The van der Waals surface area contributed by atoms with E-state index in [4.69, 9.17) is 11.6 Å². The maximum absolute atomic E-state index is 12.0. The van der Waals surface area contributed by atoms with Gasteiger partial charge in [-0.3, -0.25) is 9.79 Å². The van der Waals surface area contributed by atoms with Crippen LogP contribution in [0.3, 0.4) is 0 Å². The molecule has 10 heteroatoms. The highest BCUT2D eigenvalue weighted by Crippen LogP contribution is 2.22. The Morgan fingerprint density at radius 3 is 2.63 bits per heavy atom. The van der Waals surface area contributed by atoms with Crippen LogP contribution in [-0.4, -0.2) is 58.0 Å². The summed E-state index contributed by atoms with van der Waals surface area (Å²) in [7, 11) is -1.31. The summed E-state index contributed by atoms with van der Waals surface area (Å²) in [4.78, 5) is 16.2. The summed E-state index contributed by atoms with van der Waals surface area (Å²) in [5, 5.41) is 9.94. The van der Waals surface area contributed by atoms with E-state index < -0.39 is 9.84 Å².